The highest BCUT2D eigenvalue weighted by atomic mass is 19.4. The summed E-state index contributed by atoms with van der Waals surface area (Å²) in [6.07, 6.45) is -7.11. The minimum Gasteiger partial charge on any atom is -0.379 e. The average Bonchev–Trinajstić information content (AvgIpc) is 2.39. The van der Waals surface area contributed by atoms with Gasteiger partial charge in [0.25, 0.3) is 0 Å². The van der Waals surface area contributed by atoms with Crippen LogP contribution in [0.25, 0.3) is 0 Å². The van der Waals surface area contributed by atoms with Gasteiger partial charge in [-0.05, 0) is 27.7 Å². The van der Waals surface area contributed by atoms with Crippen molar-refractivity contribution in [2.24, 2.45) is 0 Å². The van der Waals surface area contributed by atoms with Crippen molar-refractivity contribution in [3.05, 3.63) is 17.0 Å². The standard InChI is InChI=1S/C10H15F3N2O/c1-5(2)15-7(4)8(6(3)14-15)9(16)10(11,12)13/h5,9,16H,1-4H3/t9-/m0/s1. The van der Waals surface area contributed by atoms with E-state index in [4.69, 9.17) is 0 Å². The summed E-state index contributed by atoms with van der Waals surface area (Å²) in [5.74, 6) is 0. The van der Waals surface area contributed by atoms with Crippen LogP contribution in [0.3, 0.4) is 0 Å². The van der Waals surface area contributed by atoms with Gasteiger partial charge in [-0.1, -0.05) is 0 Å². The van der Waals surface area contributed by atoms with Gasteiger partial charge in [0.2, 0.25) is 0 Å². The summed E-state index contributed by atoms with van der Waals surface area (Å²) in [6.45, 7) is 6.65. The molecule has 0 aliphatic rings. The van der Waals surface area contributed by atoms with E-state index in [2.05, 4.69) is 5.10 Å². The van der Waals surface area contributed by atoms with E-state index in [1.165, 1.54) is 18.5 Å². The third-order valence-corrected chi connectivity index (χ3v) is 2.45. The third-order valence-electron chi connectivity index (χ3n) is 2.45. The maximum atomic E-state index is 12.4. The number of hydrogen-bond acceptors (Lipinski definition) is 2. The first kappa shape index (κ1) is 13.0. The van der Waals surface area contributed by atoms with E-state index in [1.807, 2.05) is 13.8 Å². The first-order valence-corrected chi connectivity index (χ1v) is 4.96. The van der Waals surface area contributed by atoms with Gasteiger partial charge in [-0.3, -0.25) is 4.68 Å². The first-order chi connectivity index (χ1) is 7.16. The van der Waals surface area contributed by atoms with Crippen LogP contribution in [0.2, 0.25) is 0 Å². The molecule has 1 aromatic heterocycles. The molecule has 0 aliphatic heterocycles. The second-order valence-electron chi connectivity index (χ2n) is 4.07. The molecule has 1 heterocycles. The van der Waals surface area contributed by atoms with E-state index in [-0.39, 0.29) is 17.3 Å². The molecule has 1 atom stereocenters. The fourth-order valence-electron chi connectivity index (χ4n) is 1.74. The molecule has 3 nitrogen and oxygen atoms in total. The summed E-state index contributed by atoms with van der Waals surface area (Å²) in [6, 6.07) is -0.0344. The molecule has 16 heavy (non-hydrogen) atoms. The Morgan fingerprint density at radius 2 is 1.75 bits per heavy atom. The van der Waals surface area contributed by atoms with E-state index in [0.29, 0.717) is 5.69 Å². The molecule has 92 valence electrons. The molecule has 1 aromatic rings. The van der Waals surface area contributed by atoms with Crippen molar-refractivity contribution in [3.8, 4) is 0 Å². The second-order valence-corrected chi connectivity index (χ2v) is 4.07. The number of aryl methyl sites for hydroxylation is 1. The van der Waals surface area contributed by atoms with Crippen LogP contribution in [0.5, 0.6) is 0 Å². The summed E-state index contributed by atoms with van der Waals surface area (Å²) in [5.41, 5.74) is 0.439. The van der Waals surface area contributed by atoms with Crippen molar-refractivity contribution in [1.29, 1.82) is 0 Å². The number of aromatic nitrogens is 2. The quantitative estimate of drug-likeness (QED) is 0.857. The van der Waals surface area contributed by atoms with E-state index < -0.39 is 12.3 Å². The van der Waals surface area contributed by atoms with Crippen LogP contribution in [0, 0.1) is 13.8 Å². The van der Waals surface area contributed by atoms with Crippen molar-refractivity contribution < 1.29 is 18.3 Å². The van der Waals surface area contributed by atoms with Crippen LogP contribution in [-0.2, 0) is 0 Å². The van der Waals surface area contributed by atoms with E-state index in [0.717, 1.165) is 0 Å². The van der Waals surface area contributed by atoms with Gasteiger partial charge in [0.15, 0.2) is 6.10 Å². The number of rotatable bonds is 2. The van der Waals surface area contributed by atoms with Gasteiger partial charge < -0.3 is 5.11 Å². The average molecular weight is 236 g/mol. The highest BCUT2D eigenvalue weighted by Gasteiger charge is 2.42. The van der Waals surface area contributed by atoms with Gasteiger partial charge in [-0.2, -0.15) is 18.3 Å². The lowest BCUT2D eigenvalue weighted by molar-refractivity contribution is -0.207. The summed E-state index contributed by atoms with van der Waals surface area (Å²) in [7, 11) is 0. The summed E-state index contributed by atoms with van der Waals surface area (Å²) >= 11 is 0. The largest absolute Gasteiger partial charge is 0.418 e. The Morgan fingerprint density at radius 3 is 2.06 bits per heavy atom. The van der Waals surface area contributed by atoms with Crippen molar-refractivity contribution in [2.75, 3.05) is 0 Å². The molecule has 0 spiro atoms. The minimum atomic E-state index is -4.65. The van der Waals surface area contributed by atoms with Gasteiger partial charge in [0.05, 0.1) is 5.69 Å². The Balaban J connectivity index is 3.25. The first-order valence-electron chi connectivity index (χ1n) is 4.96. The predicted molar refractivity (Wildman–Crippen MR) is 53.1 cm³/mol. The normalized spacial score (nSPS) is 14.6. The molecular weight excluding hydrogens is 221 g/mol. The lowest BCUT2D eigenvalue weighted by Gasteiger charge is -2.15. The molecule has 0 amide bonds. The number of aliphatic hydroxyl groups excluding tert-OH is 1. The Morgan fingerprint density at radius 1 is 1.25 bits per heavy atom. The molecule has 0 aromatic carbocycles. The molecule has 0 saturated heterocycles. The number of hydrogen-bond donors (Lipinski definition) is 1. The second kappa shape index (κ2) is 4.08. The fraction of sp³-hybridized carbons (Fsp3) is 0.700. The van der Waals surface area contributed by atoms with Gasteiger partial charge in [0.1, 0.15) is 0 Å². The zero-order chi connectivity index (χ0) is 12.7. The molecule has 6 heteroatoms. The molecule has 1 rings (SSSR count). The highest BCUT2D eigenvalue weighted by molar-refractivity contribution is 5.28. The molecule has 0 saturated carbocycles. The maximum Gasteiger partial charge on any atom is 0.418 e. The fourth-order valence-corrected chi connectivity index (χ4v) is 1.74. The van der Waals surface area contributed by atoms with E-state index >= 15 is 0 Å². The Kier molecular flexibility index (Phi) is 3.33. The predicted octanol–water partition coefficient (Wildman–Crippen LogP) is 2.68. The topological polar surface area (TPSA) is 38.0 Å². The van der Waals surface area contributed by atoms with Crippen LogP contribution in [0.1, 0.15) is 42.9 Å². The van der Waals surface area contributed by atoms with Crippen LogP contribution in [0.4, 0.5) is 13.2 Å². The number of aliphatic hydroxyl groups is 1. The van der Waals surface area contributed by atoms with E-state index in [1.54, 1.807) is 0 Å². The third kappa shape index (κ3) is 2.21. The smallest absolute Gasteiger partial charge is 0.379 e. The summed E-state index contributed by atoms with van der Waals surface area (Å²) < 4.78 is 38.7. The van der Waals surface area contributed by atoms with Crippen molar-refractivity contribution in [3.63, 3.8) is 0 Å². The zero-order valence-electron chi connectivity index (χ0n) is 9.63. The van der Waals surface area contributed by atoms with Gasteiger partial charge in [-0.25, -0.2) is 0 Å². The number of halogens is 3. The molecule has 0 bridgehead atoms. The molecule has 0 unspecified atom stereocenters. The Hall–Kier alpha value is -1.04. The van der Waals surface area contributed by atoms with Gasteiger partial charge in [-0.15, -0.1) is 0 Å². The van der Waals surface area contributed by atoms with Crippen molar-refractivity contribution >= 4 is 0 Å². The minimum absolute atomic E-state index is 0.0344. The van der Waals surface area contributed by atoms with Crippen LogP contribution in [-0.4, -0.2) is 21.1 Å². The lowest BCUT2D eigenvalue weighted by atomic mass is 10.1. The Labute approximate surface area is 91.9 Å². The molecule has 1 N–H and O–H groups in total. The van der Waals surface area contributed by atoms with Gasteiger partial charge >= 0.3 is 6.18 Å². The molecular formula is C10H15F3N2O. The Bertz CT molecular complexity index is 382. The van der Waals surface area contributed by atoms with Crippen LogP contribution >= 0.6 is 0 Å². The summed E-state index contributed by atoms with van der Waals surface area (Å²) in [5, 5.41) is 13.2. The van der Waals surface area contributed by atoms with Gasteiger partial charge in [0, 0.05) is 17.3 Å². The molecule has 0 radical (unpaired) electrons. The number of alkyl halides is 3. The molecule has 0 fully saturated rings. The van der Waals surface area contributed by atoms with Crippen LogP contribution in [0.15, 0.2) is 0 Å². The van der Waals surface area contributed by atoms with Crippen molar-refractivity contribution in [1.82, 2.24) is 9.78 Å². The molecule has 0 aliphatic carbocycles. The van der Waals surface area contributed by atoms with E-state index in [9.17, 15) is 18.3 Å². The lowest BCUT2D eigenvalue weighted by Crippen LogP contribution is -2.21. The number of nitrogens with zero attached hydrogens (tertiary/aromatic N) is 2. The highest BCUT2D eigenvalue weighted by Crippen LogP contribution is 2.36. The van der Waals surface area contributed by atoms with Crippen molar-refractivity contribution in [2.45, 2.75) is 46.0 Å². The maximum absolute atomic E-state index is 12.4. The SMILES string of the molecule is Cc1nn(C(C)C)c(C)c1[C@H](O)C(F)(F)F. The monoisotopic (exact) mass is 236 g/mol. The van der Waals surface area contributed by atoms with Crippen LogP contribution < -0.4 is 0 Å². The summed E-state index contributed by atoms with van der Waals surface area (Å²) in [4.78, 5) is 0. The zero-order valence-corrected chi connectivity index (χ0v) is 9.63.